The average molecular weight is 416 g/mol. The van der Waals surface area contributed by atoms with Crippen LogP contribution in [-0.4, -0.2) is 91.0 Å². The SMILES string of the molecule is CCCN(C)CC(CC[SiH2]OC(CC)CC)(CN(C)CCC)CN(C)CCC. The third kappa shape index (κ3) is 12.6. The summed E-state index contributed by atoms with van der Waals surface area (Å²) in [6.45, 7) is 18.6. The Bertz CT molecular complexity index is 317. The predicted molar refractivity (Wildman–Crippen MR) is 129 cm³/mol. The molecule has 0 saturated heterocycles. The van der Waals surface area contributed by atoms with E-state index in [1.54, 1.807) is 0 Å². The number of rotatable bonds is 19. The zero-order chi connectivity index (χ0) is 21.4. The molecule has 0 bridgehead atoms. The van der Waals surface area contributed by atoms with Gasteiger partial charge in [-0.15, -0.1) is 0 Å². The van der Waals surface area contributed by atoms with Gasteiger partial charge in [0.2, 0.25) is 0 Å². The normalized spacial score (nSPS) is 13.3. The summed E-state index contributed by atoms with van der Waals surface area (Å²) in [6, 6.07) is 1.30. The highest BCUT2D eigenvalue weighted by Crippen LogP contribution is 2.29. The van der Waals surface area contributed by atoms with Crippen molar-refractivity contribution in [3.63, 3.8) is 0 Å². The standard InChI is InChI=1S/C23H53N3OSi/c1-9-15-24(6)19-23(20-25(7)16-10-2,21-26(8)17-11-3)14-18-28-27-22(12-4)13-5/h22H,9-21,28H2,1-8H3. The van der Waals surface area contributed by atoms with Gasteiger partial charge in [-0.25, -0.2) is 0 Å². The molecule has 5 heteroatoms. The van der Waals surface area contributed by atoms with Gasteiger partial charge in [0.15, 0.2) is 9.76 Å². The maximum atomic E-state index is 6.29. The summed E-state index contributed by atoms with van der Waals surface area (Å²) in [4.78, 5) is 7.72. The van der Waals surface area contributed by atoms with Crippen LogP contribution in [0.4, 0.5) is 0 Å². The van der Waals surface area contributed by atoms with Gasteiger partial charge in [0.25, 0.3) is 0 Å². The van der Waals surface area contributed by atoms with Crippen molar-refractivity contribution >= 4 is 9.76 Å². The summed E-state index contributed by atoms with van der Waals surface area (Å²) in [6.07, 6.45) is 7.81. The topological polar surface area (TPSA) is 19.0 Å². The van der Waals surface area contributed by atoms with E-state index in [0.29, 0.717) is 11.5 Å². The molecular weight excluding hydrogens is 362 g/mol. The molecule has 0 aromatic heterocycles. The molecule has 0 atom stereocenters. The van der Waals surface area contributed by atoms with Crippen LogP contribution in [0.1, 0.15) is 73.1 Å². The summed E-state index contributed by atoms with van der Waals surface area (Å²) in [7, 11) is 6.52. The Morgan fingerprint density at radius 1 is 0.714 bits per heavy atom. The van der Waals surface area contributed by atoms with Gasteiger partial charge in [-0.1, -0.05) is 34.6 Å². The van der Waals surface area contributed by atoms with Gasteiger partial charge in [0.1, 0.15) is 0 Å². The third-order valence-electron chi connectivity index (χ3n) is 5.75. The molecule has 0 aliphatic rings. The molecule has 0 saturated carbocycles. The van der Waals surface area contributed by atoms with E-state index in [0.717, 1.165) is 12.8 Å². The average Bonchev–Trinajstić information content (AvgIpc) is 2.62. The van der Waals surface area contributed by atoms with Crippen LogP contribution in [0.15, 0.2) is 0 Å². The Labute approximate surface area is 180 Å². The summed E-state index contributed by atoms with van der Waals surface area (Å²) in [5, 5.41) is 0. The first kappa shape index (κ1) is 28.1. The van der Waals surface area contributed by atoms with Gasteiger partial charge >= 0.3 is 0 Å². The van der Waals surface area contributed by atoms with Crippen molar-refractivity contribution in [3.05, 3.63) is 0 Å². The van der Waals surface area contributed by atoms with E-state index in [-0.39, 0.29) is 0 Å². The molecule has 28 heavy (non-hydrogen) atoms. The van der Waals surface area contributed by atoms with Crippen LogP contribution < -0.4 is 0 Å². The summed E-state index contributed by atoms with van der Waals surface area (Å²) in [5.74, 6) is 0. The minimum atomic E-state index is -0.430. The summed E-state index contributed by atoms with van der Waals surface area (Å²) >= 11 is 0. The van der Waals surface area contributed by atoms with Crippen LogP contribution in [0.25, 0.3) is 0 Å². The first-order chi connectivity index (χ1) is 13.4. The minimum absolute atomic E-state index is 0.335. The lowest BCUT2D eigenvalue weighted by Gasteiger charge is -2.42. The lowest BCUT2D eigenvalue weighted by atomic mass is 9.82. The molecule has 0 spiro atoms. The highest BCUT2D eigenvalue weighted by Gasteiger charge is 2.33. The van der Waals surface area contributed by atoms with Crippen LogP contribution in [0, 0.1) is 5.41 Å². The fourth-order valence-electron chi connectivity index (χ4n) is 4.71. The van der Waals surface area contributed by atoms with Gasteiger partial charge in [0.05, 0.1) is 0 Å². The van der Waals surface area contributed by atoms with Crippen LogP contribution in [0.5, 0.6) is 0 Å². The van der Waals surface area contributed by atoms with Crippen molar-refractivity contribution in [1.29, 1.82) is 0 Å². The third-order valence-corrected chi connectivity index (χ3v) is 7.10. The zero-order valence-corrected chi connectivity index (χ0v) is 22.1. The Balaban J connectivity index is 5.22. The molecule has 0 rings (SSSR count). The molecular formula is C23H53N3OSi. The molecule has 0 heterocycles. The Hall–Kier alpha value is 0.0569. The molecule has 0 aliphatic heterocycles. The van der Waals surface area contributed by atoms with E-state index in [9.17, 15) is 0 Å². The number of hydrogen-bond acceptors (Lipinski definition) is 4. The first-order valence-electron chi connectivity index (χ1n) is 12.0. The number of nitrogens with zero attached hydrogens (tertiary/aromatic N) is 3. The molecule has 170 valence electrons. The fourth-order valence-corrected chi connectivity index (χ4v) is 6.57. The Morgan fingerprint density at radius 2 is 1.11 bits per heavy atom. The molecule has 0 amide bonds. The molecule has 0 aliphatic carbocycles. The molecule has 0 aromatic rings. The quantitative estimate of drug-likeness (QED) is 0.233. The van der Waals surface area contributed by atoms with E-state index in [2.05, 4.69) is 70.5 Å². The van der Waals surface area contributed by atoms with Gasteiger partial charge in [-0.2, -0.15) is 0 Å². The Morgan fingerprint density at radius 3 is 1.43 bits per heavy atom. The van der Waals surface area contributed by atoms with Crippen molar-refractivity contribution < 1.29 is 4.43 Å². The second-order valence-corrected chi connectivity index (χ2v) is 10.6. The Kier molecular flexibility index (Phi) is 16.8. The van der Waals surface area contributed by atoms with Crippen LogP contribution in [0.3, 0.4) is 0 Å². The van der Waals surface area contributed by atoms with Crippen molar-refractivity contribution in [2.75, 3.05) is 60.4 Å². The zero-order valence-electron chi connectivity index (χ0n) is 20.7. The molecule has 0 aromatic carbocycles. The van der Waals surface area contributed by atoms with E-state index < -0.39 is 9.76 Å². The molecule has 0 fully saturated rings. The van der Waals surface area contributed by atoms with E-state index in [1.165, 1.54) is 71.0 Å². The second-order valence-electron chi connectivity index (χ2n) is 9.13. The number of hydrogen-bond donors (Lipinski definition) is 0. The van der Waals surface area contributed by atoms with Crippen LogP contribution >= 0.6 is 0 Å². The lowest BCUT2D eigenvalue weighted by molar-refractivity contribution is 0.0736. The van der Waals surface area contributed by atoms with Crippen molar-refractivity contribution in [1.82, 2.24) is 14.7 Å². The van der Waals surface area contributed by atoms with Gasteiger partial charge in [0, 0.05) is 31.2 Å². The van der Waals surface area contributed by atoms with Crippen molar-refractivity contribution in [2.24, 2.45) is 5.41 Å². The van der Waals surface area contributed by atoms with Gasteiger partial charge < -0.3 is 19.1 Å². The lowest BCUT2D eigenvalue weighted by Crippen LogP contribution is -2.50. The van der Waals surface area contributed by atoms with Crippen molar-refractivity contribution in [2.45, 2.75) is 85.3 Å². The maximum absolute atomic E-state index is 6.29. The van der Waals surface area contributed by atoms with Crippen molar-refractivity contribution in [3.8, 4) is 0 Å². The largest absolute Gasteiger partial charge is 0.421 e. The molecule has 0 N–H and O–H groups in total. The highest BCUT2D eigenvalue weighted by atomic mass is 28.2. The van der Waals surface area contributed by atoms with Crippen LogP contribution in [0.2, 0.25) is 6.04 Å². The summed E-state index contributed by atoms with van der Waals surface area (Å²) in [5.41, 5.74) is 0.335. The van der Waals surface area contributed by atoms with Crippen LogP contribution in [-0.2, 0) is 4.43 Å². The summed E-state index contributed by atoms with van der Waals surface area (Å²) < 4.78 is 6.29. The van der Waals surface area contributed by atoms with E-state index in [4.69, 9.17) is 4.43 Å². The monoisotopic (exact) mass is 415 g/mol. The molecule has 0 unspecified atom stereocenters. The minimum Gasteiger partial charge on any atom is -0.421 e. The second kappa shape index (κ2) is 16.8. The van der Waals surface area contributed by atoms with Gasteiger partial charge in [-0.3, -0.25) is 0 Å². The fraction of sp³-hybridized carbons (Fsp3) is 1.00. The van der Waals surface area contributed by atoms with E-state index in [1.807, 2.05) is 0 Å². The van der Waals surface area contributed by atoms with E-state index >= 15 is 0 Å². The highest BCUT2D eigenvalue weighted by molar-refractivity contribution is 6.27. The van der Waals surface area contributed by atoms with Gasteiger partial charge in [-0.05, 0) is 85.3 Å². The molecule has 4 nitrogen and oxygen atoms in total. The molecule has 0 radical (unpaired) electrons. The predicted octanol–water partition coefficient (Wildman–Crippen LogP) is 4.10. The maximum Gasteiger partial charge on any atom is 0.161 e. The smallest absolute Gasteiger partial charge is 0.161 e. The first-order valence-corrected chi connectivity index (χ1v) is 13.6.